The van der Waals surface area contributed by atoms with Crippen molar-refractivity contribution in [3.05, 3.63) is 76.0 Å². The number of aryl methyl sites for hydroxylation is 1. The van der Waals surface area contributed by atoms with Gasteiger partial charge in [0.15, 0.2) is 0 Å². The Bertz CT molecular complexity index is 1200. The molecule has 1 aliphatic rings. The molecule has 2 aromatic carbocycles. The number of hydrogen-bond acceptors (Lipinski definition) is 4. The van der Waals surface area contributed by atoms with Gasteiger partial charge in [0.1, 0.15) is 5.15 Å². The minimum atomic E-state index is -3.65. The van der Waals surface area contributed by atoms with Crippen molar-refractivity contribution >= 4 is 39.1 Å². The number of aromatic nitrogens is 2. The van der Waals surface area contributed by atoms with Gasteiger partial charge in [-0.25, -0.2) is 13.1 Å². The summed E-state index contributed by atoms with van der Waals surface area (Å²) in [7, 11) is -3.65. The molecule has 7 nitrogen and oxygen atoms in total. The van der Waals surface area contributed by atoms with Crippen LogP contribution in [0.2, 0.25) is 10.2 Å². The standard InChI is InChI=1S/C21H20Cl2N4O3S/c1-15-19(20(23)27(24-15)17-5-3-2-4-6-17)21(28)25-11-13-26(14-12-25)31(29,30)18-9-7-16(22)8-10-18/h2-10H,11-14H2,1H3. The number of halogens is 2. The number of para-hydroxylation sites is 1. The molecule has 1 saturated heterocycles. The van der Waals surface area contributed by atoms with Crippen molar-refractivity contribution in [2.75, 3.05) is 26.2 Å². The maximum absolute atomic E-state index is 13.2. The SMILES string of the molecule is Cc1nn(-c2ccccc2)c(Cl)c1C(=O)N1CCN(S(=O)(=O)c2ccc(Cl)cc2)CC1. The van der Waals surface area contributed by atoms with Crippen LogP contribution in [0.1, 0.15) is 16.1 Å². The van der Waals surface area contributed by atoms with Crippen molar-refractivity contribution in [2.24, 2.45) is 0 Å². The lowest BCUT2D eigenvalue weighted by atomic mass is 10.2. The molecular formula is C21H20Cl2N4O3S. The Morgan fingerprint density at radius 2 is 1.55 bits per heavy atom. The van der Waals surface area contributed by atoms with Gasteiger partial charge in [0.05, 0.1) is 21.8 Å². The zero-order valence-corrected chi connectivity index (χ0v) is 19.0. The first-order valence-electron chi connectivity index (χ1n) is 9.64. The summed E-state index contributed by atoms with van der Waals surface area (Å²) in [6.07, 6.45) is 0. The normalized spacial score (nSPS) is 15.3. The molecule has 0 bridgehead atoms. The van der Waals surface area contributed by atoms with Crippen LogP contribution in [0.5, 0.6) is 0 Å². The summed E-state index contributed by atoms with van der Waals surface area (Å²) in [5.41, 5.74) is 1.61. The molecule has 0 N–H and O–H groups in total. The average molecular weight is 479 g/mol. The highest BCUT2D eigenvalue weighted by Gasteiger charge is 2.32. The van der Waals surface area contributed by atoms with Crippen molar-refractivity contribution in [1.29, 1.82) is 0 Å². The number of rotatable bonds is 4. The number of piperazine rings is 1. The third-order valence-electron chi connectivity index (χ3n) is 5.20. The van der Waals surface area contributed by atoms with E-state index >= 15 is 0 Å². The van der Waals surface area contributed by atoms with Crippen LogP contribution in [0.15, 0.2) is 59.5 Å². The van der Waals surface area contributed by atoms with E-state index in [2.05, 4.69) is 5.10 Å². The molecule has 0 saturated carbocycles. The molecule has 1 fully saturated rings. The summed E-state index contributed by atoms with van der Waals surface area (Å²) >= 11 is 12.4. The number of carbonyl (C=O) groups excluding carboxylic acids is 1. The summed E-state index contributed by atoms with van der Waals surface area (Å²) in [4.78, 5) is 14.9. The smallest absolute Gasteiger partial charge is 0.259 e. The fraction of sp³-hybridized carbons (Fsp3) is 0.238. The van der Waals surface area contributed by atoms with Crippen LogP contribution in [0.4, 0.5) is 0 Å². The van der Waals surface area contributed by atoms with E-state index in [1.54, 1.807) is 24.0 Å². The number of sulfonamides is 1. The molecule has 3 aromatic rings. The number of nitrogens with zero attached hydrogens (tertiary/aromatic N) is 4. The van der Waals surface area contributed by atoms with Gasteiger partial charge in [0.2, 0.25) is 10.0 Å². The first-order valence-corrected chi connectivity index (χ1v) is 11.8. The monoisotopic (exact) mass is 478 g/mol. The molecule has 0 unspecified atom stereocenters. The second kappa shape index (κ2) is 8.63. The summed E-state index contributed by atoms with van der Waals surface area (Å²) < 4.78 is 28.6. The van der Waals surface area contributed by atoms with E-state index in [4.69, 9.17) is 23.2 Å². The van der Waals surface area contributed by atoms with E-state index in [0.717, 1.165) is 5.69 Å². The second-order valence-electron chi connectivity index (χ2n) is 7.15. The van der Waals surface area contributed by atoms with Crippen LogP contribution >= 0.6 is 23.2 Å². The van der Waals surface area contributed by atoms with Crippen LogP contribution in [-0.4, -0.2) is 59.5 Å². The highest BCUT2D eigenvalue weighted by atomic mass is 35.5. The lowest BCUT2D eigenvalue weighted by molar-refractivity contribution is 0.0697. The van der Waals surface area contributed by atoms with Crippen molar-refractivity contribution in [2.45, 2.75) is 11.8 Å². The Morgan fingerprint density at radius 1 is 0.935 bits per heavy atom. The van der Waals surface area contributed by atoms with Gasteiger partial charge in [-0.2, -0.15) is 9.40 Å². The Hall–Kier alpha value is -2.39. The molecular weight excluding hydrogens is 459 g/mol. The molecule has 4 rings (SSSR count). The van der Waals surface area contributed by atoms with Crippen molar-refractivity contribution < 1.29 is 13.2 Å². The quantitative estimate of drug-likeness (QED) is 0.573. The average Bonchev–Trinajstić information content (AvgIpc) is 3.08. The van der Waals surface area contributed by atoms with Crippen LogP contribution < -0.4 is 0 Å². The van der Waals surface area contributed by atoms with Gasteiger partial charge in [-0.05, 0) is 43.3 Å². The first-order chi connectivity index (χ1) is 14.8. The summed E-state index contributed by atoms with van der Waals surface area (Å²) in [6.45, 7) is 2.65. The third kappa shape index (κ3) is 4.21. The Labute approximate surface area is 190 Å². The van der Waals surface area contributed by atoms with Gasteiger partial charge >= 0.3 is 0 Å². The minimum absolute atomic E-state index is 0.180. The maximum Gasteiger partial charge on any atom is 0.259 e. The van der Waals surface area contributed by atoms with E-state index in [0.29, 0.717) is 16.3 Å². The molecule has 10 heteroatoms. The fourth-order valence-electron chi connectivity index (χ4n) is 3.53. The van der Waals surface area contributed by atoms with Crippen LogP contribution in [-0.2, 0) is 10.0 Å². The van der Waals surface area contributed by atoms with E-state index in [1.165, 1.54) is 21.1 Å². The molecule has 1 amide bonds. The number of carbonyl (C=O) groups is 1. The van der Waals surface area contributed by atoms with Crippen LogP contribution in [0.25, 0.3) is 5.69 Å². The lowest BCUT2D eigenvalue weighted by Gasteiger charge is -2.34. The topological polar surface area (TPSA) is 75.5 Å². The van der Waals surface area contributed by atoms with Gasteiger partial charge in [0.25, 0.3) is 5.91 Å². The van der Waals surface area contributed by atoms with Crippen LogP contribution in [0, 0.1) is 6.92 Å². The predicted molar refractivity (Wildman–Crippen MR) is 119 cm³/mol. The summed E-state index contributed by atoms with van der Waals surface area (Å²) in [6, 6.07) is 15.4. The zero-order chi connectivity index (χ0) is 22.2. The predicted octanol–water partition coefficient (Wildman–Crippen LogP) is 3.63. The van der Waals surface area contributed by atoms with Crippen molar-refractivity contribution in [3.63, 3.8) is 0 Å². The van der Waals surface area contributed by atoms with Gasteiger partial charge in [-0.1, -0.05) is 41.4 Å². The summed E-state index contributed by atoms with van der Waals surface area (Å²) in [5, 5.41) is 5.13. The Balaban J connectivity index is 1.50. The Morgan fingerprint density at radius 3 is 2.16 bits per heavy atom. The van der Waals surface area contributed by atoms with Crippen molar-refractivity contribution in [1.82, 2.24) is 19.0 Å². The largest absolute Gasteiger partial charge is 0.336 e. The highest BCUT2D eigenvalue weighted by Crippen LogP contribution is 2.26. The highest BCUT2D eigenvalue weighted by molar-refractivity contribution is 7.89. The van der Waals surface area contributed by atoms with Gasteiger partial charge in [0, 0.05) is 31.2 Å². The molecule has 1 aromatic heterocycles. The van der Waals surface area contributed by atoms with E-state index < -0.39 is 10.0 Å². The molecule has 0 aliphatic carbocycles. The van der Waals surface area contributed by atoms with Gasteiger partial charge in [-0.15, -0.1) is 0 Å². The molecule has 2 heterocycles. The molecule has 162 valence electrons. The fourth-order valence-corrected chi connectivity index (χ4v) is 5.43. The van der Waals surface area contributed by atoms with Gasteiger partial charge in [-0.3, -0.25) is 4.79 Å². The second-order valence-corrected chi connectivity index (χ2v) is 9.88. The number of benzene rings is 2. The van der Waals surface area contributed by atoms with E-state index in [9.17, 15) is 13.2 Å². The molecule has 0 spiro atoms. The van der Waals surface area contributed by atoms with Crippen LogP contribution in [0.3, 0.4) is 0 Å². The number of hydrogen-bond donors (Lipinski definition) is 0. The Kier molecular flexibility index (Phi) is 6.07. The maximum atomic E-state index is 13.2. The molecule has 0 radical (unpaired) electrons. The molecule has 0 atom stereocenters. The summed E-state index contributed by atoms with van der Waals surface area (Å²) in [5.74, 6) is -0.256. The van der Waals surface area contributed by atoms with Crippen molar-refractivity contribution in [3.8, 4) is 5.69 Å². The zero-order valence-electron chi connectivity index (χ0n) is 16.7. The minimum Gasteiger partial charge on any atom is -0.336 e. The third-order valence-corrected chi connectivity index (χ3v) is 7.71. The molecule has 31 heavy (non-hydrogen) atoms. The first kappa shape index (κ1) is 21.8. The molecule has 1 aliphatic heterocycles. The lowest BCUT2D eigenvalue weighted by Crippen LogP contribution is -2.50. The van der Waals surface area contributed by atoms with Gasteiger partial charge < -0.3 is 4.90 Å². The van der Waals surface area contributed by atoms with E-state index in [1.807, 2.05) is 30.3 Å². The van der Waals surface area contributed by atoms with E-state index in [-0.39, 0.29) is 42.1 Å². The number of amides is 1.